The number of fused-ring (bicyclic) bond motifs is 3. The Morgan fingerprint density at radius 1 is 0.911 bits per heavy atom. The van der Waals surface area contributed by atoms with Crippen LogP contribution in [0.4, 0.5) is 5.69 Å². The van der Waals surface area contributed by atoms with Gasteiger partial charge >= 0.3 is 0 Å². The van der Waals surface area contributed by atoms with Crippen molar-refractivity contribution >= 4 is 50.7 Å². The second-order valence-electron chi connectivity index (χ2n) is 11.4. The third kappa shape index (κ3) is 7.53. The van der Waals surface area contributed by atoms with Crippen molar-refractivity contribution < 1.29 is 14.8 Å². The van der Waals surface area contributed by atoms with Gasteiger partial charge < -0.3 is 10.5 Å². The van der Waals surface area contributed by atoms with Crippen LogP contribution in [-0.4, -0.2) is 66.1 Å². The van der Waals surface area contributed by atoms with Gasteiger partial charge in [-0.25, -0.2) is 0 Å². The molecule has 0 atom stereocenters. The molecule has 0 aliphatic carbocycles. The molecule has 0 amide bonds. The Morgan fingerprint density at radius 3 is 2.44 bits per heavy atom. The normalized spacial score (nSPS) is 13.6. The number of rotatable bonds is 13. The van der Waals surface area contributed by atoms with Crippen molar-refractivity contribution in [3.05, 3.63) is 112 Å². The molecule has 5 aromatic rings. The number of nitrogens with zero attached hydrogens (tertiary/aromatic N) is 5. The summed E-state index contributed by atoms with van der Waals surface area (Å²) in [7, 11) is 1.65. The summed E-state index contributed by atoms with van der Waals surface area (Å²) in [6.07, 6.45) is 5.78. The lowest BCUT2D eigenvalue weighted by Gasteiger charge is -2.23. The zero-order valence-electron chi connectivity index (χ0n) is 25.5. The molecule has 3 aromatic carbocycles. The molecule has 0 radical (unpaired) electrons. The van der Waals surface area contributed by atoms with Crippen molar-refractivity contribution in [1.82, 2.24) is 14.5 Å². The maximum Gasteiger partial charge on any atom is 0.268 e. The van der Waals surface area contributed by atoms with E-state index < -0.39 is 0 Å². The van der Waals surface area contributed by atoms with Crippen LogP contribution >= 0.6 is 23.2 Å². The van der Waals surface area contributed by atoms with E-state index in [1.807, 2.05) is 48.7 Å². The van der Waals surface area contributed by atoms with E-state index in [2.05, 4.69) is 39.4 Å². The Balaban J connectivity index is 1.10. The molecular formula is C35H39Cl2N6O2+. The predicted molar refractivity (Wildman–Crippen MR) is 181 cm³/mol. The summed E-state index contributed by atoms with van der Waals surface area (Å²) < 4.78 is 2.81. The van der Waals surface area contributed by atoms with Gasteiger partial charge in [-0.2, -0.15) is 4.73 Å². The van der Waals surface area contributed by atoms with E-state index in [0.717, 1.165) is 90.7 Å². The molecule has 6 rings (SSSR count). The first kappa shape index (κ1) is 31.2. The molecule has 2 aromatic heterocycles. The monoisotopic (exact) mass is 645 g/mol. The Hall–Kier alpha value is -3.82. The minimum absolute atomic E-state index is 0.574. The molecule has 234 valence electrons. The quantitative estimate of drug-likeness (QED) is 0.0963. The zero-order valence-corrected chi connectivity index (χ0v) is 27.0. The standard InChI is InChI=1S/C35H38Cl2N6O2/c1-45-43-19-13-33(31-11-9-29(37)23-35(31)43)39-15-21-40(16-4-5-17-41-24-26-6-2-3-7-27(26)25-41)20-14-38-32-12-18-42(44)34-22-28(36)8-10-30(32)34/h2-3,6-13,18-19,22-23,44H,4-5,14-17,20-21,24-25H2,1H3/p+1. The van der Waals surface area contributed by atoms with E-state index in [9.17, 15) is 5.21 Å². The van der Waals surface area contributed by atoms with Crippen LogP contribution in [0.2, 0.25) is 10.0 Å². The molecule has 10 heteroatoms. The smallest absolute Gasteiger partial charge is 0.268 e. The first-order valence-electron chi connectivity index (χ1n) is 15.4. The van der Waals surface area contributed by atoms with Crippen LogP contribution in [0.15, 0.2) is 90.2 Å². The fourth-order valence-corrected chi connectivity index (χ4v) is 6.46. The highest BCUT2D eigenvalue weighted by Gasteiger charge is 2.18. The minimum atomic E-state index is 0.574. The van der Waals surface area contributed by atoms with Gasteiger partial charge in [0.15, 0.2) is 0 Å². The highest BCUT2D eigenvalue weighted by molar-refractivity contribution is 6.31. The highest BCUT2D eigenvalue weighted by atomic mass is 35.5. The molecule has 0 unspecified atom stereocenters. The fraction of sp³-hybridized carbons (Fsp3) is 0.314. The van der Waals surface area contributed by atoms with Crippen LogP contribution in [0.1, 0.15) is 24.0 Å². The third-order valence-corrected chi connectivity index (χ3v) is 8.93. The maximum atomic E-state index is 10.3. The van der Waals surface area contributed by atoms with Crippen molar-refractivity contribution in [2.24, 2.45) is 4.99 Å². The van der Waals surface area contributed by atoms with Gasteiger partial charge in [0.2, 0.25) is 6.20 Å². The van der Waals surface area contributed by atoms with Crippen LogP contribution in [0.5, 0.6) is 0 Å². The molecule has 45 heavy (non-hydrogen) atoms. The van der Waals surface area contributed by atoms with Crippen molar-refractivity contribution in [3.8, 4) is 0 Å². The molecule has 0 spiro atoms. The van der Waals surface area contributed by atoms with Gasteiger partial charge in [-0.1, -0.05) is 47.5 Å². The third-order valence-electron chi connectivity index (χ3n) is 8.46. The summed E-state index contributed by atoms with van der Waals surface area (Å²) in [5.41, 5.74) is 5.51. The number of unbranched alkanes of at least 4 members (excludes halogenated alkanes) is 1. The molecule has 3 heterocycles. The second-order valence-corrected chi connectivity index (χ2v) is 12.3. The number of pyridine rings is 2. The van der Waals surface area contributed by atoms with E-state index in [4.69, 9.17) is 33.0 Å². The fourth-order valence-electron chi connectivity index (χ4n) is 6.13. The van der Waals surface area contributed by atoms with E-state index in [1.165, 1.54) is 11.1 Å². The minimum Gasteiger partial charge on any atom is -0.428 e. The molecule has 1 aliphatic rings. The summed E-state index contributed by atoms with van der Waals surface area (Å²) in [4.78, 5) is 15.5. The largest absolute Gasteiger partial charge is 0.428 e. The van der Waals surface area contributed by atoms with E-state index in [0.29, 0.717) is 22.1 Å². The summed E-state index contributed by atoms with van der Waals surface area (Å²) in [5.74, 6) is 0. The average molecular weight is 647 g/mol. The lowest BCUT2D eigenvalue weighted by atomic mass is 10.1. The molecule has 0 bridgehead atoms. The van der Waals surface area contributed by atoms with Crippen LogP contribution in [-0.2, 0) is 13.1 Å². The first-order chi connectivity index (χ1) is 22.0. The maximum absolute atomic E-state index is 10.3. The molecule has 0 saturated heterocycles. The molecule has 2 N–H and O–H groups in total. The van der Waals surface area contributed by atoms with E-state index in [-0.39, 0.29) is 0 Å². The van der Waals surface area contributed by atoms with E-state index in [1.54, 1.807) is 24.1 Å². The lowest BCUT2D eigenvalue weighted by molar-refractivity contribution is -0.865. The topological polar surface area (TPSA) is 69.1 Å². The van der Waals surface area contributed by atoms with Crippen LogP contribution in [0.3, 0.4) is 0 Å². The van der Waals surface area contributed by atoms with Crippen molar-refractivity contribution in [2.45, 2.75) is 25.9 Å². The lowest BCUT2D eigenvalue weighted by Crippen LogP contribution is -2.40. The highest BCUT2D eigenvalue weighted by Crippen LogP contribution is 2.24. The second kappa shape index (κ2) is 14.5. The van der Waals surface area contributed by atoms with Crippen LogP contribution < -0.4 is 20.2 Å². The Morgan fingerprint density at radius 2 is 1.67 bits per heavy atom. The summed E-state index contributed by atoms with van der Waals surface area (Å²) in [6, 6.07) is 24.0. The van der Waals surface area contributed by atoms with Gasteiger partial charge in [-0.3, -0.25) is 19.6 Å². The number of anilines is 1. The van der Waals surface area contributed by atoms with Crippen molar-refractivity contribution in [3.63, 3.8) is 0 Å². The van der Waals surface area contributed by atoms with Gasteiger partial charge in [0, 0.05) is 71.2 Å². The average Bonchev–Trinajstić information content (AvgIpc) is 3.47. The van der Waals surface area contributed by atoms with Gasteiger partial charge in [-0.15, -0.1) is 0 Å². The molecule has 0 saturated carbocycles. The van der Waals surface area contributed by atoms with Crippen LogP contribution in [0, 0.1) is 0 Å². The molecular weight excluding hydrogens is 607 g/mol. The number of aromatic nitrogens is 2. The Kier molecular flexibility index (Phi) is 10.1. The Labute approximate surface area is 273 Å². The van der Waals surface area contributed by atoms with E-state index >= 15 is 0 Å². The molecule has 1 aliphatic heterocycles. The zero-order chi connectivity index (χ0) is 31.2. The molecule has 8 nitrogen and oxygen atoms in total. The van der Waals surface area contributed by atoms with Crippen molar-refractivity contribution in [2.75, 3.05) is 51.7 Å². The van der Waals surface area contributed by atoms with Gasteiger partial charge in [0.25, 0.3) is 5.52 Å². The first-order valence-corrected chi connectivity index (χ1v) is 16.2. The number of halogens is 2. The summed E-state index contributed by atoms with van der Waals surface area (Å²) >= 11 is 12.5. The van der Waals surface area contributed by atoms with Crippen LogP contribution in [0.25, 0.3) is 21.8 Å². The summed E-state index contributed by atoms with van der Waals surface area (Å²) in [6.45, 7) is 7.33. The number of benzene rings is 3. The van der Waals surface area contributed by atoms with Gasteiger partial charge in [0.05, 0.1) is 28.5 Å². The summed E-state index contributed by atoms with van der Waals surface area (Å²) in [5, 5.41) is 17.9. The number of hydrogen-bond donors (Lipinski definition) is 2. The van der Waals surface area contributed by atoms with Crippen molar-refractivity contribution in [1.29, 1.82) is 0 Å². The number of hydrogen-bond acceptors (Lipinski definition) is 6. The predicted octanol–water partition coefficient (Wildman–Crippen LogP) is 5.80. The van der Waals surface area contributed by atoms with Gasteiger partial charge in [-0.05, 0) is 73.5 Å². The Bertz CT molecular complexity index is 1840. The SMILES string of the molecule is CO[n+]1ccc(NCCN(CCCCN2Cc3ccccc3C2)CCN=c2ccn(O)c3cc(Cl)ccc23)c2ccc(Cl)cc21. The molecule has 0 fully saturated rings. The van der Waals surface area contributed by atoms with Gasteiger partial charge in [0.1, 0.15) is 7.11 Å². The number of nitrogens with one attached hydrogen (secondary N) is 1.